The fourth-order valence-corrected chi connectivity index (χ4v) is 23.0. The molecule has 0 aliphatic rings. The Bertz CT molecular complexity index is 11000. The van der Waals surface area contributed by atoms with E-state index in [1.54, 1.807) is 0 Å². The third-order valence-corrected chi connectivity index (χ3v) is 28.6. The SMILES string of the molecule is [C-]#[N+]c1ccc(-c2nc3ccccc3nc2-n2c3cc4ccccc4cc3c3c4c5ccccc5n5c6ccccc6c(cc32)c45)cc1.[C-]#[N+]c1nc2ccccc2nc1-n1c2cc3ccccc3cc2c2c3c4ccccc4n4c5ccccc5c(cc21)c34.c1ccc(-c2nc3ccccc3nc2-n2c3cc4ccccc4cc3c3c4c5ccccc5n5c6ccccc6c(cc32)c45)cc1. The van der Waals surface area contributed by atoms with E-state index in [2.05, 4.69) is 346 Å². The summed E-state index contributed by atoms with van der Waals surface area (Å²) in [6.07, 6.45) is 0. The molecular formula is C122H66N14. The molecule has 0 radical (unpaired) electrons. The molecule has 0 aliphatic carbocycles. The highest BCUT2D eigenvalue weighted by atomic mass is 15.1. The van der Waals surface area contributed by atoms with Crippen molar-refractivity contribution < 1.29 is 0 Å². The Hall–Kier alpha value is -19.0. The molecule has 0 fully saturated rings. The lowest BCUT2D eigenvalue weighted by Gasteiger charge is -2.14. The first-order chi connectivity index (χ1) is 67.4. The number of aromatic nitrogens is 12. The number of benzene rings is 20. The second kappa shape index (κ2) is 27.8. The first kappa shape index (κ1) is 73.8. The quantitative estimate of drug-likeness (QED) is 0.159. The lowest BCUT2D eigenvalue weighted by molar-refractivity contribution is 1.08. The Kier molecular flexibility index (Phi) is 15.1. The van der Waals surface area contributed by atoms with E-state index in [9.17, 15) is 0 Å². The van der Waals surface area contributed by atoms with Gasteiger partial charge in [-0.2, -0.15) is 0 Å². The average Bonchev–Trinajstić information content (AvgIpc) is 1.52. The fraction of sp³-hybridized carbons (Fsp3) is 0. The van der Waals surface area contributed by atoms with Gasteiger partial charge in [0.2, 0.25) is 0 Å². The summed E-state index contributed by atoms with van der Waals surface area (Å²) in [5.41, 5.74) is 26.6. The van der Waals surface area contributed by atoms with Gasteiger partial charge in [-0.1, -0.05) is 280 Å². The van der Waals surface area contributed by atoms with Gasteiger partial charge in [-0.15, -0.1) is 4.98 Å². The Morgan fingerprint density at radius 3 is 0.801 bits per heavy atom. The van der Waals surface area contributed by atoms with Crippen LogP contribution in [0, 0.1) is 13.1 Å². The molecule has 0 spiro atoms. The van der Waals surface area contributed by atoms with Gasteiger partial charge in [0, 0.05) is 108 Å². The van der Waals surface area contributed by atoms with Crippen LogP contribution in [0.4, 0.5) is 11.5 Å². The van der Waals surface area contributed by atoms with Crippen LogP contribution >= 0.6 is 0 Å². The molecule has 0 unspecified atom stereocenters. The average molecular weight is 1730 g/mol. The zero-order valence-electron chi connectivity index (χ0n) is 72.4. The van der Waals surface area contributed by atoms with Crippen molar-refractivity contribution in [2.75, 3.05) is 0 Å². The van der Waals surface area contributed by atoms with Gasteiger partial charge in [0.05, 0.1) is 111 Å². The van der Waals surface area contributed by atoms with Crippen LogP contribution < -0.4 is 0 Å². The van der Waals surface area contributed by atoms with Gasteiger partial charge in [0.15, 0.2) is 28.7 Å². The summed E-state index contributed by atoms with van der Waals surface area (Å²) in [5, 5.41) is 29.1. The lowest BCUT2D eigenvalue weighted by atomic mass is 10.0. The van der Waals surface area contributed by atoms with Crippen LogP contribution in [0.3, 0.4) is 0 Å². The molecular weight excluding hydrogens is 1660 g/mol. The van der Waals surface area contributed by atoms with E-state index in [-0.39, 0.29) is 0 Å². The van der Waals surface area contributed by atoms with Crippen LogP contribution in [-0.4, -0.2) is 56.8 Å². The van der Waals surface area contributed by atoms with E-state index < -0.39 is 0 Å². The zero-order chi connectivity index (χ0) is 89.0. The van der Waals surface area contributed by atoms with E-state index in [0.717, 1.165) is 111 Å². The van der Waals surface area contributed by atoms with E-state index >= 15 is 0 Å². The van der Waals surface area contributed by atoms with Crippen LogP contribution in [0.15, 0.2) is 400 Å². The summed E-state index contributed by atoms with van der Waals surface area (Å²) in [6, 6.07) is 141. The monoisotopic (exact) mass is 1730 g/mol. The van der Waals surface area contributed by atoms with Crippen LogP contribution in [0.5, 0.6) is 0 Å². The summed E-state index contributed by atoms with van der Waals surface area (Å²) in [5.74, 6) is 2.45. The van der Waals surface area contributed by atoms with Gasteiger partial charge in [0.25, 0.3) is 0 Å². The molecule has 0 saturated carbocycles. The second-order valence-electron chi connectivity index (χ2n) is 35.7. The first-order valence-corrected chi connectivity index (χ1v) is 45.7. The van der Waals surface area contributed by atoms with Gasteiger partial charge in [-0.05, 0) is 160 Å². The number of nitrogens with zero attached hydrogens (tertiary/aromatic N) is 14. The summed E-state index contributed by atoms with van der Waals surface area (Å²) in [6.45, 7) is 15.6. The molecule has 0 atom stereocenters. The minimum atomic E-state index is 0.292. The molecule has 12 aromatic heterocycles. The van der Waals surface area contributed by atoms with Crippen molar-refractivity contribution in [1.29, 1.82) is 0 Å². The Morgan fingerprint density at radius 2 is 0.456 bits per heavy atom. The maximum absolute atomic E-state index is 8.11. The van der Waals surface area contributed by atoms with Gasteiger partial charge in [-0.25, -0.2) is 29.8 Å². The maximum atomic E-state index is 8.11. The lowest BCUT2D eigenvalue weighted by Crippen LogP contribution is -2.03. The molecule has 0 N–H and O–H groups in total. The molecule has 14 nitrogen and oxygen atoms in total. The zero-order valence-corrected chi connectivity index (χ0v) is 72.4. The standard InChI is InChI=1S/C43H23N5.C42H24N4.C37H19N5/c1-44-28-20-18-25(19-21-28)41-43(46-34-15-7-6-14-33(34)45-41)48-37-23-27-11-3-2-10-26(27)22-32(37)39-38(48)24-31-29-12-4-8-16-35(29)47-36-17-9-5-13-30(36)40(39)42(31)47;1-2-12-25(13-3-1)40-42(44-33-19-9-8-18-32(33)43-40)46-36-23-27-15-5-4-14-26(27)22-31(36)38-37(46)24-30-28-16-6-10-20-34(28)45-35-21-11-7-17-29(35)39(38)41(30)45;1-38-36-37(40-28-15-7-6-14-27(28)39-36)42-31-19-22-11-3-2-10-21(22)18-26(31)33-32(42)20-25-23-12-4-8-16-29(23)41-30-17-9-5-13-24(30)34(33)35(25)41/h2-24H;1-24H;2-20H. The molecule has 0 amide bonds. The van der Waals surface area contributed by atoms with Crippen molar-refractivity contribution in [1.82, 2.24) is 56.8 Å². The fourth-order valence-electron chi connectivity index (χ4n) is 23.0. The van der Waals surface area contributed by atoms with Gasteiger partial charge in [0.1, 0.15) is 16.9 Å². The highest BCUT2D eigenvalue weighted by Gasteiger charge is 2.32. The molecule has 32 rings (SSSR count). The number of hydrogen-bond acceptors (Lipinski definition) is 6. The molecule has 14 heteroatoms. The van der Waals surface area contributed by atoms with Crippen LogP contribution in [0.2, 0.25) is 0 Å². The minimum absolute atomic E-state index is 0.292. The van der Waals surface area contributed by atoms with Crippen molar-refractivity contribution in [3.05, 3.63) is 423 Å². The molecule has 136 heavy (non-hydrogen) atoms. The number of hydrogen-bond donors (Lipinski definition) is 0. The van der Waals surface area contributed by atoms with E-state index in [1.807, 2.05) is 91.0 Å². The number of rotatable bonds is 5. The van der Waals surface area contributed by atoms with Crippen LogP contribution in [0.1, 0.15) is 0 Å². The van der Waals surface area contributed by atoms with E-state index in [4.69, 9.17) is 43.0 Å². The molecule has 0 aliphatic heterocycles. The van der Waals surface area contributed by atoms with Crippen molar-refractivity contribution >= 4 is 257 Å². The number of para-hydroxylation sites is 12. The summed E-state index contributed by atoms with van der Waals surface area (Å²) in [7, 11) is 0. The normalized spacial score (nSPS) is 12.2. The summed E-state index contributed by atoms with van der Waals surface area (Å²) in [4.78, 5) is 38.7. The molecule has 0 saturated heterocycles. The van der Waals surface area contributed by atoms with Gasteiger partial charge >= 0.3 is 5.82 Å². The maximum Gasteiger partial charge on any atom is 0.313 e. The first-order valence-electron chi connectivity index (χ1n) is 45.7. The third-order valence-electron chi connectivity index (χ3n) is 28.6. The highest BCUT2D eigenvalue weighted by Crippen LogP contribution is 2.53. The van der Waals surface area contributed by atoms with E-state index in [0.29, 0.717) is 17.3 Å². The summed E-state index contributed by atoms with van der Waals surface area (Å²) >= 11 is 0. The van der Waals surface area contributed by atoms with Gasteiger partial charge < -0.3 is 22.6 Å². The van der Waals surface area contributed by atoms with Crippen molar-refractivity contribution in [3.8, 4) is 40.0 Å². The van der Waals surface area contributed by atoms with Crippen molar-refractivity contribution in [2.24, 2.45) is 0 Å². The van der Waals surface area contributed by atoms with Crippen LogP contribution in [0.25, 0.3) is 295 Å². The molecule has 0 bridgehead atoms. The molecule has 12 heterocycles. The van der Waals surface area contributed by atoms with Crippen LogP contribution in [-0.2, 0) is 0 Å². The van der Waals surface area contributed by atoms with Gasteiger partial charge in [-0.3, -0.25) is 9.13 Å². The number of fused-ring (bicyclic) bond motifs is 36. The molecule has 32 aromatic rings. The largest absolute Gasteiger partial charge is 0.358 e. The van der Waals surface area contributed by atoms with E-state index in [1.165, 1.54) is 168 Å². The second-order valence-corrected chi connectivity index (χ2v) is 35.7. The van der Waals surface area contributed by atoms with Crippen molar-refractivity contribution in [3.63, 3.8) is 0 Å². The smallest absolute Gasteiger partial charge is 0.313 e. The predicted molar refractivity (Wildman–Crippen MR) is 562 cm³/mol. The molecule has 20 aromatic carbocycles. The highest BCUT2D eigenvalue weighted by molar-refractivity contribution is 6.40. The van der Waals surface area contributed by atoms with Crippen molar-refractivity contribution in [2.45, 2.75) is 0 Å². The third kappa shape index (κ3) is 10.2. The summed E-state index contributed by atoms with van der Waals surface area (Å²) < 4.78 is 14.2. The molecule has 624 valence electrons. The topological polar surface area (TPSA) is 114 Å². The predicted octanol–water partition coefficient (Wildman–Crippen LogP) is 31.5. The Labute approximate surface area is 771 Å². The Balaban J connectivity index is 0.0000000971. The minimum Gasteiger partial charge on any atom is -0.358 e. The Morgan fingerprint density at radius 1 is 0.184 bits per heavy atom.